The molecule has 0 amide bonds. The molecule has 4 nitrogen and oxygen atoms in total. The summed E-state index contributed by atoms with van der Waals surface area (Å²) in [6.45, 7) is 1.07. The largest absolute Gasteiger partial charge is 0.338 e. The van der Waals surface area contributed by atoms with Crippen LogP contribution in [0.4, 0.5) is 5.95 Å². The van der Waals surface area contributed by atoms with Crippen molar-refractivity contribution >= 4 is 5.95 Å². The van der Waals surface area contributed by atoms with Gasteiger partial charge in [0.25, 0.3) is 0 Å². The smallest absolute Gasteiger partial charge is 0.225 e. The van der Waals surface area contributed by atoms with E-state index < -0.39 is 0 Å². The second-order valence-corrected chi connectivity index (χ2v) is 4.93. The van der Waals surface area contributed by atoms with E-state index in [1.54, 1.807) is 0 Å². The van der Waals surface area contributed by atoms with Gasteiger partial charge >= 0.3 is 0 Å². The van der Waals surface area contributed by atoms with Crippen LogP contribution < -0.4 is 4.90 Å². The zero-order valence-electron chi connectivity index (χ0n) is 10.9. The summed E-state index contributed by atoms with van der Waals surface area (Å²) in [6, 6.07) is 6.62. The van der Waals surface area contributed by atoms with Crippen LogP contribution in [0.1, 0.15) is 24.8 Å². The van der Waals surface area contributed by atoms with Crippen molar-refractivity contribution < 1.29 is 0 Å². The fourth-order valence-corrected chi connectivity index (χ4v) is 2.72. The lowest BCUT2D eigenvalue weighted by molar-refractivity contribution is 0.601. The topological polar surface area (TPSA) is 41.9 Å². The zero-order valence-corrected chi connectivity index (χ0v) is 10.9. The fourth-order valence-electron chi connectivity index (χ4n) is 2.72. The van der Waals surface area contributed by atoms with Crippen LogP contribution in [0.2, 0.25) is 0 Å². The third kappa shape index (κ3) is 2.89. The number of aryl methyl sites for hydroxylation is 1. The van der Waals surface area contributed by atoms with Crippen LogP contribution in [-0.2, 0) is 6.42 Å². The number of anilines is 1. The summed E-state index contributed by atoms with van der Waals surface area (Å²) in [5.74, 6) is 0.875. The highest BCUT2D eigenvalue weighted by Crippen LogP contribution is 2.25. The van der Waals surface area contributed by atoms with Gasteiger partial charge in [0, 0.05) is 37.4 Å². The first-order valence-corrected chi connectivity index (χ1v) is 6.86. The molecule has 0 bridgehead atoms. The molecule has 0 saturated carbocycles. The summed E-state index contributed by atoms with van der Waals surface area (Å²) in [5, 5.41) is 0. The lowest BCUT2D eigenvalue weighted by atomic mass is 10.0. The Morgan fingerprint density at radius 3 is 2.68 bits per heavy atom. The van der Waals surface area contributed by atoms with Crippen LogP contribution in [0.25, 0.3) is 0 Å². The molecule has 0 N–H and O–H groups in total. The number of rotatable bonds is 4. The molecule has 19 heavy (non-hydrogen) atoms. The molecule has 1 aliphatic rings. The highest BCUT2D eigenvalue weighted by Gasteiger charge is 2.25. The first-order chi connectivity index (χ1) is 9.43. The van der Waals surface area contributed by atoms with Gasteiger partial charge < -0.3 is 4.90 Å². The van der Waals surface area contributed by atoms with Crippen LogP contribution in [0, 0.1) is 0 Å². The predicted molar refractivity (Wildman–Crippen MR) is 75.0 cm³/mol. The molecule has 0 aromatic carbocycles. The molecule has 1 atom stereocenters. The van der Waals surface area contributed by atoms with Crippen LogP contribution in [0.3, 0.4) is 0 Å². The molecule has 0 aliphatic carbocycles. The maximum absolute atomic E-state index is 4.37. The summed E-state index contributed by atoms with van der Waals surface area (Å²) in [5.41, 5.74) is 1.36. The molecule has 1 saturated heterocycles. The highest BCUT2D eigenvalue weighted by atomic mass is 15.3. The Morgan fingerprint density at radius 1 is 1.11 bits per heavy atom. The van der Waals surface area contributed by atoms with E-state index in [0.717, 1.165) is 25.3 Å². The zero-order chi connectivity index (χ0) is 12.9. The van der Waals surface area contributed by atoms with Crippen molar-refractivity contribution in [3.63, 3.8) is 0 Å². The predicted octanol–water partition coefficient (Wildman–Crippen LogP) is 2.47. The number of nitrogens with zero attached hydrogens (tertiary/aromatic N) is 4. The van der Waals surface area contributed by atoms with Gasteiger partial charge in [0.2, 0.25) is 5.95 Å². The minimum absolute atomic E-state index is 0.565. The van der Waals surface area contributed by atoms with Gasteiger partial charge in [-0.3, -0.25) is 4.98 Å². The van der Waals surface area contributed by atoms with E-state index in [0.29, 0.717) is 6.04 Å². The number of pyridine rings is 1. The first-order valence-electron chi connectivity index (χ1n) is 6.86. The van der Waals surface area contributed by atoms with Gasteiger partial charge in [-0.05, 0) is 49.4 Å². The van der Waals surface area contributed by atoms with Gasteiger partial charge in [0.1, 0.15) is 0 Å². The van der Waals surface area contributed by atoms with E-state index in [2.05, 4.69) is 32.0 Å². The standard InChI is InChI=1S/C15H18N4/c1-3-14(5-4-13-6-10-16-11-7-13)19(12-1)15-17-8-2-9-18-15/h2,6-11,14H,1,3-5,12H2/t14-/m0/s1. The van der Waals surface area contributed by atoms with Crippen LogP contribution in [0.5, 0.6) is 0 Å². The Kier molecular flexibility index (Phi) is 3.68. The second-order valence-electron chi connectivity index (χ2n) is 4.93. The third-order valence-electron chi connectivity index (χ3n) is 3.70. The van der Waals surface area contributed by atoms with Gasteiger partial charge in [-0.25, -0.2) is 9.97 Å². The van der Waals surface area contributed by atoms with Crippen LogP contribution in [0.15, 0.2) is 43.0 Å². The van der Waals surface area contributed by atoms with Crippen molar-refractivity contribution in [2.24, 2.45) is 0 Å². The van der Waals surface area contributed by atoms with Crippen LogP contribution in [-0.4, -0.2) is 27.5 Å². The molecule has 2 aromatic heterocycles. The fraction of sp³-hybridized carbons (Fsp3) is 0.400. The van der Waals surface area contributed by atoms with Gasteiger partial charge in [-0.1, -0.05) is 0 Å². The minimum Gasteiger partial charge on any atom is -0.338 e. The van der Waals surface area contributed by atoms with E-state index in [-0.39, 0.29) is 0 Å². The number of aromatic nitrogens is 3. The maximum Gasteiger partial charge on any atom is 0.225 e. The molecule has 1 aliphatic heterocycles. The van der Waals surface area contributed by atoms with Crippen molar-refractivity contribution in [1.29, 1.82) is 0 Å². The highest BCUT2D eigenvalue weighted by molar-refractivity contribution is 5.32. The Morgan fingerprint density at radius 2 is 1.89 bits per heavy atom. The van der Waals surface area contributed by atoms with E-state index in [9.17, 15) is 0 Å². The molecule has 0 spiro atoms. The van der Waals surface area contributed by atoms with Crippen molar-refractivity contribution in [2.45, 2.75) is 31.7 Å². The SMILES string of the molecule is c1cnc(N2CCC[C@H]2CCc2ccncc2)nc1. The van der Waals surface area contributed by atoms with E-state index >= 15 is 0 Å². The molecule has 4 heteroatoms. The molecule has 3 rings (SSSR count). The number of hydrogen-bond donors (Lipinski definition) is 0. The van der Waals surface area contributed by atoms with E-state index in [1.807, 2.05) is 30.9 Å². The molecule has 1 fully saturated rings. The molecule has 0 radical (unpaired) electrons. The normalized spacial score (nSPS) is 18.7. The number of hydrogen-bond acceptors (Lipinski definition) is 4. The van der Waals surface area contributed by atoms with Crippen molar-refractivity contribution in [3.8, 4) is 0 Å². The average Bonchev–Trinajstić information content (AvgIpc) is 2.95. The van der Waals surface area contributed by atoms with Crippen molar-refractivity contribution in [1.82, 2.24) is 15.0 Å². The lowest BCUT2D eigenvalue weighted by Gasteiger charge is -2.24. The summed E-state index contributed by atoms with van der Waals surface area (Å²) in [7, 11) is 0. The monoisotopic (exact) mass is 254 g/mol. The maximum atomic E-state index is 4.37. The van der Waals surface area contributed by atoms with Gasteiger partial charge in [0.05, 0.1) is 0 Å². The third-order valence-corrected chi connectivity index (χ3v) is 3.70. The molecular weight excluding hydrogens is 236 g/mol. The Labute approximate surface area is 113 Å². The molecule has 98 valence electrons. The van der Waals surface area contributed by atoms with E-state index in [4.69, 9.17) is 0 Å². The molecule has 0 unspecified atom stereocenters. The second kappa shape index (κ2) is 5.78. The first kappa shape index (κ1) is 12.1. The average molecular weight is 254 g/mol. The summed E-state index contributed by atoms with van der Waals surface area (Å²) in [6.07, 6.45) is 12.1. The van der Waals surface area contributed by atoms with Crippen molar-refractivity contribution in [3.05, 3.63) is 48.5 Å². The Balaban J connectivity index is 1.64. The summed E-state index contributed by atoms with van der Waals surface area (Å²) < 4.78 is 0. The van der Waals surface area contributed by atoms with Gasteiger partial charge in [-0.15, -0.1) is 0 Å². The molecule has 3 heterocycles. The summed E-state index contributed by atoms with van der Waals surface area (Å²) >= 11 is 0. The minimum atomic E-state index is 0.565. The van der Waals surface area contributed by atoms with Gasteiger partial charge in [0.15, 0.2) is 0 Å². The van der Waals surface area contributed by atoms with Crippen molar-refractivity contribution in [2.75, 3.05) is 11.4 Å². The molecular formula is C15H18N4. The Bertz CT molecular complexity index is 500. The van der Waals surface area contributed by atoms with E-state index in [1.165, 1.54) is 18.4 Å². The lowest BCUT2D eigenvalue weighted by Crippen LogP contribution is -2.31. The van der Waals surface area contributed by atoms with Gasteiger partial charge in [-0.2, -0.15) is 0 Å². The Hall–Kier alpha value is -1.97. The van der Waals surface area contributed by atoms with Crippen LogP contribution >= 0.6 is 0 Å². The summed E-state index contributed by atoms with van der Waals surface area (Å²) in [4.78, 5) is 15.1. The quantitative estimate of drug-likeness (QED) is 0.840. The molecule has 2 aromatic rings.